The van der Waals surface area contributed by atoms with Gasteiger partial charge in [-0.3, -0.25) is 4.79 Å². The van der Waals surface area contributed by atoms with Crippen molar-refractivity contribution in [3.05, 3.63) is 64.1 Å². The van der Waals surface area contributed by atoms with Gasteiger partial charge in [0, 0.05) is 11.5 Å². The van der Waals surface area contributed by atoms with Crippen LogP contribution in [-0.4, -0.2) is 36.9 Å². The minimum Gasteiger partial charge on any atom is -0.480 e. The Kier molecular flexibility index (Phi) is 5.79. The number of rotatable bonds is 6. The zero-order valence-electron chi connectivity index (χ0n) is 13.3. The number of carboxylic acids is 1. The summed E-state index contributed by atoms with van der Waals surface area (Å²) >= 11 is 3.33. The summed E-state index contributed by atoms with van der Waals surface area (Å²) in [5.41, 5.74) is 1.67. The van der Waals surface area contributed by atoms with Crippen LogP contribution in [0.3, 0.4) is 0 Å². The zero-order chi connectivity index (χ0) is 17.9. The number of aliphatic carboxylic acids is 1. The molecule has 0 aliphatic rings. The number of hydrogen-bond acceptors (Lipinski definition) is 3. The Morgan fingerprint density at radius 3 is 2.38 bits per heavy atom. The molecule has 0 bridgehead atoms. The Labute approximate surface area is 150 Å². The molecule has 0 saturated heterocycles. The third kappa shape index (κ3) is 4.23. The average molecular weight is 412 g/mol. The summed E-state index contributed by atoms with van der Waals surface area (Å²) in [5, 5.41) is 9.51. The van der Waals surface area contributed by atoms with E-state index in [2.05, 4.69) is 15.9 Å². The lowest BCUT2D eigenvalue weighted by molar-refractivity contribution is -0.141. The van der Waals surface area contributed by atoms with Crippen LogP contribution in [0.2, 0.25) is 0 Å². The van der Waals surface area contributed by atoms with Crippen molar-refractivity contribution in [1.82, 2.24) is 4.31 Å². The Morgan fingerprint density at radius 1 is 1.21 bits per heavy atom. The molecule has 2 aromatic carbocycles. The van der Waals surface area contributed by atoms with E-state index < -0.39 is 22.0 Å². The maximum absolute atomic E-state index is 12.7. The molecule has 1 unspecified atom stereocenters. The van der Waals surface area contributed by atoms with E-state index in [0.29, 0.717) is 0 Å². The molecule has 24 heavy (non-hydrogen) atoms. The molecule has 0 radical (unpaired) electrons. The second-order valence-corrected chi connectivity index (χ2v) is 8.44. The van der Waals surface area contributed by atoms with Crippen molar-refractivity contribution in [3.8, 4) is 0 Å². The summed E-state index contributed by atoms with van der Waals surface area (Å²) < 4.78 is 27.1. The van der Waals surface area contributed by atoms with E-state index >= 15 is 0 Å². The fraction of sp³-hybridized carbons (Fsp3) is 0.235. The first-order chi connectivity index (χ1) is 11.2. The number of carboxylic acid groups (broad SMARTS) is 1. The lowest BCUT2D eigenvalue weighted by atomic mass is 10.1. The molecule has 0 saturated carbocycles. The van der Waals surface area contributed by atoms with Crippen LogP contribution >= 0.6 is 15.9 Å². The Bertz CT molecular complexity index is 834. The van der Waals surface area contributed by atoms with Crippen LogP contribution in [0.5, 0.6) is 0 Å². The predicted molar refractivity (Wildman–Crippen MR) is 95.4 cm³/mol. The highest BCUT2D eigenvalue weighted by molar-refractivity contribution is 9.10. The Hall–Kier alpha value is -1.70. The van der Waals surface area contributed by atoms with Crippen LogP contribution in [0, 0.1) is 6.92 Å². The topological polar surface area (TPSA) is 74.7 Å². The van der Waals surface area contributed by atoms with Gasteiger partial charge in [0.15, 0.2) is 0 Å². The van der Waals surface area contributed by atoms with Crippen molar-refractivity contribution < 1.29 is 18.3 Å². The molecule has 0 spiro atoms. The smallest absolute Gasteiger partial charge is 0.322 e. The number of sulfonamides is 1. The monoisotopic (exact) mass is 411 g/mol. The SMILES string of the molecule is Cc1ccc(S(=O)(=O)N(C)C(Cc2cccc(Br)c2)C(=O)O)cc1. The van der Waals surface area contributed by atoms with Crippen LogP contribution < -0.4 is 0 Å². The van der Waals surface area contributed by atoms with Gasteiger partial charge in [-0.2, -0.15) is 4.31 Å². The summed E-state index contributed by atoms with van der Waals surface area (Å²) in [5.74, 6) is -1.19. The van der Waals surface area contributed by atoms with Crippen LogP contribution in [-0.2, 0) is 21.2 Å². The van der Waals surface area contributed by atoms with Gasteiger partial charge in [-0.25, -0.2) is 8.42 Å². The first kappa shape index (κ1) is 18.6. The van der Waals surface area contributed by atoms with E-state index in [1.807, 2.05) is 13.0 Å². The quantitative estimate of drug-likeness (QED) is 0.792. The van der Waals surface area contributed by atoms with Gasteiger partial charge in [0.2, 0.25) is 10.0 Å². The minimum atomic E-state index is -3.89. The molecule has 1 atom stereocenters. The van der Waals surface area contributed by atoms with Crippen LogP contribution in [0.4, 0.5) is 0 Å². The van der Waals surface area contributed by atoms with Gasteiger partial charge in [0.1, 0.15) is 6.04 Å². The molecule has 5 nitrogen and oxygen atoms in total. The number of nitrogens with zero attached hydrogens (tertiary/aromatic N) is 1. The highest BCUT2D eigenvalue weighted by atomic mass is 79.9. The van der Waals surface area contributed by atoms with Crippen molar-refractivity contribution >= 4 is 31.9 Å². The lowest BCUT2D eigenvalue weighted by Crippen LogP contribution is -2.43. The number of aryl methyl sites for hydroxylation is 1. The fourth-order valence-electron chi connectivity index (χ4n) is 2.30. The summed E-state index contributed by atoms with van der Waals surface area (Å²) in [4.78, 5) is 11.7. The highest BCUT2D eigenvalue weighted by Gasteiger charge is 2.32. The first-order valence-electron chi connectivity index (χ1n) is 7.24. The number of likely N-dealkylation sites (N-methyl/N-ethyl adjacent to an activating group) is 1. The van der Waals surface area contributed by atoms with E-state index in [0.717, 1.165) is 19.9 Å². The molecule has 0 fully saturated rings. The molecule has 0 heterocycles. The van der Waals surface area contributed by atoms with E-state index in [1.54, 1.807) is 30.3 Å². The van der Waals surface area contributed by atoms with Gasteiger partial charge in [0.05, 0.1) is 4.90 Å². The molecule has 0 amide bonds. The summed E-state index contributed by atoms with van der Waals surface area (Å²) in [6.07, 6.45) is 0.0797. The molecule has 2 aromatic rings. The molecule has 7 heteroatoms. The van der Waals surface area contributed by atoms with E-state index in [1.165, 1.54) is 19.2 Å². The lowest BCUT2D eigenvalue weighted by Gasteiger charge is -2.24. The molecule has 0 aliphatic heterocycles. The number of carbonyl (C=O) groups is 1. The molecule has 0 aliphatic carbocycles. The van der Waals surface area contributed by atoms with E-state index in [-0.39, 0.29) is 11.3 Å². The van der Waals surface area contributed by atoms with Crippen molar-refractivity contribution in [2.24, 2.45) is 0 Å². The Morgan fingerprint density at radius 2 is 1.83 bits per heavy atom. The molecule has 128 valence electrons. The van der Waals surface area contributed by atoms with Gasteiger partial charge in [-0.15, -0.1) is 0 Å². The van der Waals surface area contributed by atoms with E-state index in [9.17, 15) is 18.3 Å². The largest absolute Gasteiger partial charge is 0.480 e. The molecule has 0 aromatic heterocycles. The van der Waals surface area contributed by atoms with Crippen LogP contribution in [0.15, 0.2) is 57.9 Å². The second kappa shape index (κ2) is 7.46. The number of halogens is 1. The van der Waals surface area contributed by atoms with Gasteiger partial charge < -0.3 is 5.11 Å². The highest BCUT2D eigenvalue weighted by Crippen LogP contribution is 2.21. The summed E-state index contributed by atoms with van der Waals surface area (Å²) in [6, 6.07) is 12.3. The standard InChI is InChI=1S/C17H18BrNO4S/c1-12-6-8-15(9-7-12)24(22,23)19(2)16(17(20)21)11-13-4-3-5-14(18)10-13/h3-10,16H,11H2,1-2H3,(H,20,21). The van der Waals surface area contributed by atoms with Crippen molar-refractivity contribution in [1.29, 1.82) is 0 Å². The predicted octanol–water partition coefficient (Wildman–Crippen LogP) is 3.07. The van der Waals surface area contributed by atoms with Crippen molar-refractivity contribution in [2.45, 2.75) is 24.3 Å². The summed E-state index contributed by atoms with van der Waals surface area (Å²) in [6.45, 7) is 1.85. The van der Waals surface area contributed by atoms with Gasteiger partial charge in [-0.1, -0.05) is 45.8 Å². The molecule has 1 N–H and O–H groups in total. The van der Waals surface area contributed by atoms with Crippen molar-refractivity contribution in [2.75, 3.05) is 7.05 Å². The second-order valence-electron chi connectivity index (χ2n) is 5.52. The average Bonchev–Trinajstić information content (AvgIpc) is 2.52. The third-order valence-electron chi connectivity index (χ3n) is 3.74. The third-order valence-corrected chi connectivity index (χ3v) is 6.11. The molecular weight excluding hydrogens is 394 g/mol. The molecular formula is C17H18BrNO4S. The fourth-order valence-corrected chi connectivity index (χ4v) is 4.06. The van der Waals surface area contributed by atoms with Gasteiger partial charge in [-0.05, 0) is 43.2 Å². The molecule has 2 rings (SSSR count). The normalized spacial score (nSPS) is 13.0. The van der Waals surface area contributed by atoms with Crippen LogP contribution in [0.1, 0.15) is 11.1 Å². The van der Waals surface area contributed by atoms with Crippen molar-refractivity contribution in [3.63, 3.8) is 0 Å². The van der Waals surface area contributed by atoms with E-state index in [4.69, 9.17) is 0 Å². The Balaban J connectivity index is 2.33. The number of hydrogen-bond donors (Lipinski definition) is 1. The number of benzene rings is 2. The van der Waals surface area contributed by atoms with Gasteiger partial charge >= 0.3 is 5.97 Å². The zero-order valence-corrected chi connectivity index (χ0v) is 15.7. The first-order valence-corrected chi connectivity index (χ1v) is 9.47. The maximum Gasteiger partial charge on any atom is 0.322 e. The van der Waals surface area contributed by atoms with Gasteiger partial charge in [0.25, 0.3) is 0 Å². The minimum absolute atomic E-state index is 0.0797. The van der Waals surface area contributed by atoms with Crippen LogP contribution in [0.25, 0.3) is 0 Å². The maximum atomic E-state index is 12.7. The summed E-state index contributed by atoms with van der Waals surface area (Å²) in [7, 11) is -2.59.